The average Bonchev–Trinajstić information content (AvgIpc) is 3.25. The van der Waals surface area contributed by atoms with Crippen LogP contribution in [-0.2, 0) is 32.7 Å². The highest BCUT2D eigenvalue weighted by Gasteiger charge is 2.27. The van der Waals surface area contributed by atoms with Crippen LogP contribution in [0.5, 0.6) is 0 Å². The number of unbranched alkanes of at least 4 members (excludes halogenated alkanes) is 5. The summed E-state index contributed by atoms with van der Waals surface area (Å²) >= 11 is 0. The summed E-state index contributed by atoms with van der Waals surface area (Å²) in [6.45, 7) is 1.74. The molecule has 0 rings (SSSR count). The first-order chi connectivity index (χ1) is 29.9. The smallest absolute Gasteiger partial charge is 0.462 e. The van der Waals surface area contributed by atoms with Gasteiger partial charge in [0.25, 0.3) is 0 Å². The predicted molar refractivity (Wildman–Crippen MR) is 246 cm³/mol. The SMILES string of the molecule is CCCCC/C=C\C/C=C\C/C=C\C/C=C\C/C=C\CCC(=O)OC[C@H](COP(=O)(O)OC[C@@H](O)CO)OC(=O)CCC[C@H](O)[C@@H](O)/C=C/C=C/C=C\C=C\[C@@H](O)CCCCC. The van der Waals surface area contributed by atoms with Gasteiger partial charge in [0, 0.05) is 12.8 Å². The molecule has 0 saturated heterocycles. The van der Waals surface area contributed by atoms with Crippen molar-refractivity contribution in [2.75, 3.05) is 26.4 Å². The molecule has 1 unspecified atom stereocenters. The van der Waals surface area contributed by atoms with E-state index in [4.69, 9.17) is 19.1 Å². The molecule has 0 bridgehead atoms. The third-order valence-electron chi connectivity index (χ3n) is 8.78. The van der Waals surface area contributed by atoms with Crippen molar-refractivity contribution in [2.24, 2.45) is 0 Å². The van der Waals surface area contributed by atoms with E-state index in [9.17, 15) is 39.5 Å². The second-order valence-electron chi connectivity index (χ2n) is 14.6. The van der Waals surface area contributed by atoms with Crippen molar-refractivity contribution in [3.8, 4) is 0 Å². The molecule has 0 aliphatic carbocycles. The van der Waals surface area contributed by atoms with Gasteiger partial charge in [-0.05, 0) is 64.2 Å². The first kappa shape index (κ1) is 58.5. The van der Waals surface area contributed by atoms with E-state index >= 15 is 0 Å². The molecular formula is C48H77O13P. The van der Waals surface area contributed by atoms with Gasteiger partial charge in [-0.25, -0.2) is 4.57 Å². The van der Waals surface area contributed by atoms with Gasteiger partial charge in [-0.2, -0.15) is 0 Å². The van der Waals surface area contributed by atoms with E-state index in [0.717, 1.165) is 51.4 Å². The Morgan fingerprint density at radius 3 is 1.71 bits per heavy atom. The topological polar surface area (TPSA) is 210 Å². The summed E-state index contributed by atoms with van der Waals surface area (Å²) in [5.74, 6) is -1.36. The fourth-order valence-corrected chi connectivity index (χ4v) is 5.97. The molecule has 62 heavy (non-hydrogen) atoms. The number of allylic oxidation sites excluding steroid dienone is 16. The molecule has 0 radical (unpaired) electrons. The number of aliphatic hydroxyl groups is 5. The Morgan fingerprint density at radius 2 is 1.11 bits per heavy atom. The van der Waals surface area contributed by atoms with Crippen LogP contribution in [0.15, 0.2) is 109 Å². The highest BCUT2D eigenvalue weighted by atomic mass is 31.2. The van der Waals surface area contributed by atoms with Crippen molar-refractivity contribution in [1.29, 1.82) is 0 Å². The summed E-state index contributed by atoms with van der Waals surface area (Å²) in [7, 11) is -4.74. The van der Waals surface area contributed by atoms with Gasteiger partial charge in [0.1, 0.15) is 12.7 Å². The van der Waals surface area contributed by atoms with Crippen LogP contribution in [0.4, 0.5) is 0 Å². The zero-order valence-corrected chi connectivity index (χ0v) is 38.0. The number of carbonyl (C=O) groups is 2. The van der Waals surface area contributed by atoms with E-state index in [1.165, 1.54) is 25.3 Å². The molecule has 0 spiro atoms. The third-order valence-corrected chi connectivity index (χ3v) is 9.73. The highest BCUT2D eigenvalue weighted by Crippen LogP contribution is 2.43. The summed E-state index contributed by atoms with van der Waals surface area (Å²) in [5.41, 5.74) is 0. The monoisotopic (exact) mass is 893 g/mol. The second-order valence-corrected chi connectivity index (χ2v) is 16.0. The largest absolute Gasteiger partial charge is 0.472 e. The molecule has 14 heteroatoms. The van der Waals surface area contributed by atoms with Crippen LogP contribution in [0.3, 0.4) is 0 Å². The number of phosphoric ester groups is 1. The minimum Gasteiger partial charge on any atom is -0.462 e. The molecule has 0 aromatic heterocycles. The lowest BCUT2D eigenvalue weighted by molar-refractivity contribution is -0.161. The van der Waals surface area contributed by atoms with Gasteiger partial charge < -0.3 is 39.9 Å². The average molecular weight is 893 g/mol. The van der Waals surface area contributed by atoms with E-state index < -0.39 is 76.7 Å². The Balaban J connectivity index is 4.75. The van der Waals surface area contributed by atoms with Gasteiger partial charge in [0.2, 0.25) is 0 Å². The molecule has 0 aliphatic heterocycles. The van der Waals surface area contributed by atoms with Gasteiger partial charge in [0.15, 0.2) is 6.10 Å². The molecule has 0 saturated carbocycles. The van der Waals surface area contributed by atoms with Gasteiger partial charge >= 0.3 is 19.8 Å². The van der Waals surface area contributed by atoms with Crippen molar-refractivity contribution in [1.82, 2.24) is 0 Å². The van der Waals surface area contributed by atoms with Crippen molar-refractivity contribution >= 4 is 19.8 Å². The fraction of sp³-hybridized carbons (Fsp3) is 0.583. The molecule has 0 aliphatic rings. The Bertz CT molecular complexity index is 1450. The second kappa shape index (κ2) is 41.5. The number of hydrogen-bond donors (Lipinski definition) is 6. The van der Waals surface area contributed by atoms with Gasteiger partial charge in [-0.15, -0.1) is 0 Å². The summed E-state index contributed by atoms with van der Waals surface area (Å²) in [6.07, 6.45) is 41.4. The van der Waals surface area contributed by atoms with E-state index in [1.807, 2.05) is 18.2 Å². The van der Waals surface area contributed by atoms with Crippen molar-refractivity contribution in [2.45, 2.75) is 154 Å². The quantitative estimate of drug-likeness (QED) is 0.0112. The third kappa shape index (κ3) is 39.4. The number of esters is 2. The molecule has 0 fully saturated rings. The van der Waals surface area contributed by atoms with Crippen LogP contribution in [0.25, 0.3) is 0 Å². The van der Waals surface area contributed by atoms with E-state index in [0.29, 0.717) is 12.8 Å². The molecule has 0 amide bonds. The number of rotatable bonds is 39. The Labute approximate surface area is 371 Å². The molecule has 0 aromatic rings. The van der Waals surface area contributed by atoms with E-state index in [1.54, 1.807) is 42.5 Å². The molecule has 0 aromatic carbocycles. The molecule has 13 nitrogen and oxygen atoms in total. The lowest BCUT2D eigenvalue weighted by Crippen LogP contribution is -2.30. The normalized spacial score (nSPS) is 16.3. The lowest BCUT2D eigenvalue weighted by atomic mass is 10.1. The van der Waals surface area contributed by atoms with Crippen LogP contribution in [0.2, 0.25) is 0 Å². The fourth-order valence-electron chi connectivity index (χ4n) is 5.18. The first-order valence-electron chi connectivity index (χ1n) is 22.2. The van der Waals surface area contributed by atoms with Gasteiger partial charge in [-0.3, -0.25) is 18.6 Å². The van der Waals surface area contributed by atoms with Gasteiger partial charge in [-0.1, -0.05) is 155 Å². The van der Waals surface area contributed by atoms with Crippen molar-refractivity contribution in [3.63, 3.8) is 0 Å². The maximum absolute atomic E-state index is 12.6. The highest BCUT2D eigenvalue weighted by molar-refractivity contribution is 7.47. The minimum absolute atomic E-state index is 0.0378. The molecule has 6 atom stereocenters. The number of carbonyl (C=O) groups excluding carboxylic acids is 2. The first-order valence-corrected chi connectivity index (χ1v) is 23.7. The Morgan fingerprint density at radius 1 is 0.581 bits per heavy atom. The summed E-state index contributed by atoms with van der Waals surface area (Å²) in [5, 5.41) is 48.8. The van der Waals surface area contributed by atoms with Crippen molar-refractivity contribution in [3.05, 3.63) is 109 Å². The summed E-state index contributed by atoms with van der Waals surface area (Å²) in [4.78, 5) is 35.0. The summed E-state index contributed by atoms with van der Waals surface area (Å²) < 4.78 is 32.4. The molecule has 0 heterocycles. The van der Waals surface area contributed by atoms with Crippen LogP contribution in [-0.4, -0.2) is 99.3 Å². The number of ether oxygens (including phenoxy) is 2. The molecular weight excluding hydrogens is 815 g/mol. The van der Waals surface area contributed by atoms with Gasteiger partial charge in [0.05, 0.1) is 38.1 Å². The maximum atomic E-state index is 12.6. The zero-order valence-electron chi connectivity index (χ0n) is 37.1. The minimum atomic E-state index is -4.74. The van der Waals surface area contributed by atoms with Crippen LogP contribution in [0, 0.1) is 0 Å². The zero-order chi connectivity index (χ0) is 45.9. The van der Waals surface area contributed by atoms with Crippen molar-refractivity contribution < 1.29 is 63.1 Å². The standard InChI is InChI=1S/C48H77O13P/c1-3-5-7-8-9-10-11-12-13-14-15-16-17-18-19-20-21-26-30-36-47(54)58-40-44(41-60-62(56,57)59-39-43(51)38-49)61-48(55)37-31-35-46(53)45(52)34-29-25-23-22-24-28-33-42(50)32-27-6-4-2/h9-10,12-13,15-16,18-19,21-26,28-29,33-34,42-46,49-53H,3-8,11,14,17,20,27,30-32,35-41H2,1-2H3,(H,56,57)/b10-9-,13-12-,16-15-,19-18-,24-22-,25-23+,26-21-,33-28+,34-29+/t42-,43-,44+,45-,46-/m0/s1. The number of aliphatic hydroxyl groups excluding tert-OH is 5. The predicted octanol–water partition coefficient (Wildman–Crippen LogP) is 8.69. The van der Waals surface area contributed by atoms with Crippen LogP contribution >= 0.6 is 7.82 Å². The Hall–Kier alpha value is -3.49. The molecule has 352 valence electrons. The van der Waals surface area contributed by atoms with E-state index in [2.05, 4.69) is 60.9 Å². The van der Waals surface area contributed by atoms with E-state index in [-0.39, 0.29) is 25.7 Å². The maximum Gasteiger partial charge on any atom is 0.472 e. The Kier molecular flexibility index (Phi) is 39.2. The number of phosphoric acid groups is 1. The van der Waals surface area contributed by atoms with Crippen LogP contribution < -0.4 is 0 Å². The summed E-state index contributed by atoms with van der Waals surface area (Å²) in [6, 6.07) is 0. The lowest BCUT2D eigenvalue weighted by Gasteiger charge is -2.20. The van der Waals surface area contributed by atoms with Crippen LogP contribution in [0.1, 0.15) is 123 Å². The molecule has 6 N–H and O–H groups in total. The number of hydrogen-bond acceptors (Lipinski definition) is 12.